The van der Waals surface area contributed by atoms with E-state index in [9.17, 15) is 4.57 Å². The van der Waals surface area contributed by atoms with Gasteiger partial charge in [0.1, 0.15) is 30.0 Å². The van der Waals surface area contributed by atoms with Crippen molar-refractivity contribution in [1.82, 2.24) is 34.4 Å². The number of aromatic nitrogens is 6. The fourth-order valence-electron chi connectivity index (χ4n) is 5.87. The van der Waals surface area contributed by atoms with Crippen molar-refractivity contribution < 1.29 is 9.30 Å². The lowest BCUT2D eigenvalue weighted by Crippen LogP contribution is -2.42. The van der Waals surface area contributed by atoms with Gasteiger partial charge in [-0.1, -0.05) is 0 Å². The molecule has 5 aromatic rings. The Bertz CT molecular complexity index is 1930. The summed E-state index contributed by atoms with van der Waals surface area (Å²) in [4.78, 5) is 27.9. The lowest BCUT2D eigenvalue weighted by atomic mass is 10.0. The zero-order chi connectivity index (χ0) is 32.6. The Balaban J connectivity index is 1.36. The molecular weight excluding hydrogens is 667 g/mol. The lowest BCUT2D eigenvalue weighted by molar-refractivity contribution is 0.249. The van der Waals surface area contributed by atoms with Crippen LogP contribution in [-0.2, 0) is 11.6 Å². The molecule has 0 radical (unpaired) electrons. The van der Waals surface area contributed by atoms with Crippen molar-refractivity contribution in [1.29, 1.82) is 0 Å². The minimum Gasteiger partial charge on any atom is -0.479 e. The quantitative estimate of drug-likeness (QED) is 0.179. The number of nitrogens with one attached hydrogen (secondary N) is 2. The summed E-state index contributed by atoms with van der Waals surface area (Å²) in [5, 5.41) is 7.31. The number of hydrogen-bond acceptors (Lipinski definition) is 11. The third-order valence-electron chi connectivity index (χ3n) is 8.19. The lowest BCUT2D eigenvalue weighted by Gasteiger charge is -2.36. The number of pyridine rings is 1. The van der Waals surface area contributed by atoms with E-state index in [1.165, 1.54) is 0 Å². The maximum atomic E-state index is 13.5. The van der Waals surface area contributed by atoms with Gasteiger partial charge < -0.3 is 34.3 Å². The molecule has 46 heavy (non-hydrogen) atoms. The number of benzene rings is 1. The van der Waals surface area contributed by atoms with Gasteiger partial charge in [0.25, 0.3) is 0 Å². The molecule has 0 saturated carbocycles. The molecule has 0 amide bonds. The Hall–Kier alpha value is -4.06. The third-order valence-corrected chi connectivity index (χ3v) is 10.3. The second kappa shape index (κ2) is 13.0. The fraction of sp³-hybridized carbons (Fsp3) is 0.344. The first-order chi connectivity index (χ1) is 22.0. The van der Waals surface area contributed by atoms with Crippen LogP contribution < -0.4 is 25.6 Å². The summed E-state index contributed by atoms with van der Waals surface area (Å²) >= 11 is 3.58. The second-order valence-corrected chi connectivity index (χ2v) is 16.0. The van der Waals surface area contributed by atoms with Crippen molar-refractivity contribution in [2.45, 2.75) is 18.9 Å². The average Bonchev–Trinajstić information content (AvgIpc) is 3.47. The predicted molar refractivity (Wildman–Crippen MR) is 189 cm³/mol. The average molecular weight is 706 g/mol. The number of rotatable bonds is 9. The van der Waals surface area contributed by atoms with Crippen molar-refractivity contribution in [2.24, 2.45) is 7.05 Å². The summed E-state index contributed by atoms with van der Waals surface area (Å²) < 4.78 is 21.9. The second-order valence-electron chi connectivity index (χ2n) is 12.0. The number of nitrogens with zero attached hydrogens (tertiary/aromatic N) is 8. The highest BCUT2D eigenvalue weighted by molar-refractivity contribution is 9.10. The van der Waals surface area contributed by atoms with Gasteiger partial charge in [-0.2, -0.15) is 9.97 Å². The molecule has 0 aliphatic carbocycles. The van der Waals surface area contributed by atoms with Crippen LogP contribution in [0.5, 0.6) is 5.88 Å². The summed E-state index contributed by atoms with van der Waals surface area (Å²) in [7, 11) is 5.15. The van der Waals surface area contributed by atoms with E-state index in [1.54, 1.807) is 39.0 Å². The van der Waals surface area contributed by atoms with Crippen molar-refractivity contribution in [2.75, 3.05) is 63.2 Å². The van der Waals surface area contributed by atoms with E-state index < -0.39 is 7.14 Å². The van der Waals surface area contributed by atoms with Crippen LogP contribution in [-0.4, -0.2) is 88.1 Å². The molecule has 6 rings (SSSR count). The molecule has 240 valence electrons. The number of halogens is 1. The molecule has 14 heteroatoms. The number of hydrogen-bond donors (Lipinski definition) is 2. The van der Waals surface area contributed by atoms with Gasteiger partial charge >= 0.3 is 0 Å². The van der Waals surface area contributed by atoms with Crippen LogP contribution in [0.2, 0.25) is 0 Å². The Morgan fingerprint density at radius 1 is 1.02 bits per heavy atom. The van der Waals surface area contributed by atoms with Crippen LogP contribution in [0.15, 0.2) is 59.7 Å². The Morgan fingerprint density at radius 3 is 2.46 bits per heavy atom. The van der Waals surface area contributed by atoms with E-state index in [-0.39, 0.29) is 0 Å². The van der Waals surface area contributed by atoms with Crippen LogP contribution >= 0.6 is 23.1 Å². The number of anilines is 5. The molecule has 1 aromatic carbocycles. The van der Waals surface area contributed by atoms with Crippen LogP contribution in [0, 0.1) is 0 Å². The van der Waals surface area contributed by atoms with Crippen molar-refractivity contribution in [3.8, 4) is 17.0 Å². The van der Waals surface area contributed by atoms with Gasteiger partial charge in [-0.15, -0.1) is 0 Å². The number of ether oxygens (including phenoxy) is 1. The first-order valence-corrected chi connectivity index (χ1v) is 18.4. The van der Waals surface area contributed by atoms with Crippen molar-refractivity contribution >= 4 is 68.4 Å². The first kappa shape index (κ1) is 31.9. The molecule has 1 saturated heterocycles. The largest absolute Gasteiger partial charge is 0.479 e. The molecule has 0 atom stereocenters. The van der Waals surface area contributed by atoms with Gasteiger partial charge in [0.2, 0.25) is 11.8 Å². The fourth-order valence-corrected chi connectivity index (χ4v) is 7.56. The van der Waals surface area contributed by atoms with Gasteiger partial charge in [-0.3, -0.25) is 9.97 Å². The number of fused-ring (bicyclic) bond motifs is 1. The smallest absolute Gasteiger partial charge is 0.239 e. The van der Waals surface area contributed by atoms with Crippen LogP contribution in [0.25, 0.3) is 22.2 Å². The summed E-state index contributed by atoms with van der Waals surface area (Å²) in [6, 6.07) is 8.40. The molecule has 0 unspecified atom stereocenters. The molecule has 1 fully saturated rings. The van der Waals surface area contributed by atoms with Crippen molar-refractivity contribution in [3.05, 3.63) is 59.7 Å². The highest BCUT2D eigenvalue weighted by Gasteiger charge is 2.26. The highest BCUT2D eigenvalue weighted by atomic mass is 79.9. The normalized spacial score (nSPS) is 14.2. The Morgan fingerprint density at radius 2 is 1.78 bits per heavy atom. The van der Waals surface area contributed by atoms with Crippen LogP contribution in [0.1, 0.15) is 12.8 Å². The van der Waals surface area contributed by atoms with E-state index >= 15 is 0 Å². The number of aryl methyl sites for hydroxylation is 1. The maximum Gasteiger partial charge on any atom is 0.239 e. The molecule has 1 aliphatic heterocycles. The number of piperidine rings is 1. The maximum absolute atomic E-state index is 13.5. The molecule has 12 nitrogen and oxygen atoms in total. The monoisotopic (exact) mass is 704 g/mol. The van der Waals surface area contributed by atoms with Gasteiger partial charge in [-0.25, -0.2) is 4.98 Å². The third kappa shape index (κ3) is 6.58. The first-order valence-electron chi connectivity index (χ1n) is 15.0. The predicted octanol–water partition coefficient (Wildman–Crippen LogP) is 5.86. The molecule has 4 aromatic heterocycles. The molecular formula is C32H38BrN10O2P. The van der Waals surface area contributed by atoms with E-state index in [0.29, 0.717) is 55.9 Å². The Labute approximate surface area is 277 Å². The van der Waals surface area contributed by atoms with Gasteiger partial charge in [0, 0.05) is 68.3 Å². The standard InChI is InChI=1S/C32H38BrN10O2P/c1-41(2)21-10-15-43(16-11-21)30-22(20-9-14-42(3)19-20)17-26(31(40-30)45-4)38-32-36-18-23(33)29(39-32)37-25-8-7-24-27(35-13-12-34-24)28(25)46(5,6)44/h7-9,12-14,17-19,21H,10-11,15-16H2,1-6H3,(H2,36,37,38,39). The molecule has 0 spiro atoms. The van der Waals surface area contributed by atoms with Crippen LogP contribution in [0.3, 0.4) is 0 Å². The highest BCUT2D eigenvalue weighted by Crippen LogP contribution is 2.42. The van der Waals surface area contributed by atoms with Crippen LogP contribution in [0.4, 0.5) is 29.0 Å². The summed E-state index contributed by atoms with van der Waals surface area (Å²) in [6.45, 7) is 5.26. The van der Waals surface area contributed by atoms with Gasteiger partial charge in [-0.05, 0) is 80.5 Å². The zero-order valence-electron chi connectivity index (χ0n) is 26.8. The SMILES string of the molecule is COc1nc(N2CCC(N(C)C)CC2)c(-c2ccn(C)c2)cc1Nc1ncc(Br)c(Nc2ccc3nccnc3c2P(C)(C)=O)n1. The summed E-state index contributed by atoms with van der Waals surface area (Å²) in [5.74, 6) is 2.16. The van der Waals surface area contributed by atoms with Crippen molar-refractivity contribution in [3.63, 3.8) is 0 Å². The molecule has 1 aliphatic rings. The van der Waals surface area contributed by atoms with Gasteiger partial charge in [0.15, 0.2) is 0 Å². The van der Waals surface area contributed by atoms with E-state index in [2.05, 4.69) is 83.7 Å². The molecule has 5 heterocycles. The van der Waals surface area contributed by atoms with Gasteiger partial charge in [0.05, 0.1) is 28.1 Å². The number of methoxy groups -OCH3 is 1. The summed E-state index contributed by atoms with van der Waals surface area (Å²) in [5.41, 5.74) is 4.59. The summed E-state index contributed by atoms with van der Waals surface area (Å²) in [6.07, 6.45) is 11.1. The topological polar surface area (TPSA) is 126 Å². The minimum atomic E-state index is -2.76. The van der Waals surface area contributed by atoms with E-state index in [4.69, 9.17) is 14.7 Å². The van der Waals surface area contributed by atoms with E-state index in [1.807, 2.05) is 29.9 Å². The molecule has 0 bridgehead atoms. The molecule has 2 N–H and O–H groups in total. The minimum absolute atomic E-state index is 0.336. The zero-order valence-corrected chi connectivity index (χ0v) is 29.3. The Kier molecular flexibility index (Phi) is 9.00. The van der Waals surface area contributed by atoms with E-state index in [0.717, 1.165) is 42.9 Å².